The summed E-state index contributed by atoms with van der Waals surface area (Å²) in [7, 11) is 0. The van der Waals surface area contributed by atoms with E-state index in [1.165, 1.54) is 6.92 Å². The van der Waals surface area contributed by atoms with Crippen molar-refractivity contribution in [2.24, 2.45) is 0 Å². The Bertz CT molecular complexity index is 421. The summed E-state index contributed by atoms with van der Waals surface area (Å²) in [4.78, 5) is 11.0. The highest BCUT2D eigenvalue weighted by Crippen LogP contribution is 2.18. The smallest absolute Gasteiger partial charge is 0.303 e. The van der Waals surface area contributed by atoms with Crippen LogP contribution in [0.2, 0.25) is 0 Å². The van der Waals surface area contributed by atoms with Crippen molar-refractivity contribution < 1.29 is 14.6 Å². The molecule has 0 bridgehead atoms. The average molecular weight is 314 g/mol. The maximum atomic E-state index is 11.0. The van der Waals surface area contributed by atoms with Crippen LogP contribution in [0.25, 0.3) is 0 Å². The zero-order valence-corrected chi connectivity index (χ0v) is 11.7. The number of rotatable bonds is 3. The molecule has 1 aromatic carbocycles. The highest BCUT2D eigenvalue weighted by atomic mass is 79.9. The lowest BCUT2D eigenvalue weighted by Gasteiger charge is -2.21. The lowest BCUT2D eigenvalue weighted by Crippen LogP contribution is -2.38. The number of carbonyl (C=O) groups excluding carboxylic acids is 1. The molecule has 1 aliphatic heterocycles. The standard InChI is InChI=1S/C13H16BrNO3/c1-8(16)18-13-11(15-7-12(13)17)6-9-2-4-10(14)5-3-9/h2-5,11-13,15,17H,6-7H2,1H3. The van der Waals surface area contributed by atoms with Gasteiger partial charge >= 0.3 is 5.97 Å². The number of hydrogen-bond acceptors (Lipinski definition) is 4. The molecule has 18 heavy (non-hydrogen) atoms. The second kappa shape index (κ2) is 5.82. The summed E-state index contributed by atoms with van der Waals surface area (Å²) in [6.45, 7) is 1.82. The van der Waals surface area contributed by atoms with Crippen molar-refractivity contribution >= 4 is 21.9 Å². The minimum absolute atomic E-state index is 0.0370. The van der Waals surface area contributed by atoms with E-state index >= 15 is 0 Å². The zero-order valence-electron chi connectivity index (χ0n) is 10.1. The number of hydrogen-bond donors (Lipinski definition) is 2. The van der Waals surface area contributed by atoms with Crippen LogP contribution in [0, 0.1) is 0 Å². The summed E-state index contributed by atoms with van der Waals surface area (Å²) in [5, 5.41) is 13.0. The van der Waals surface area contributed by atoms with Crippen molar-refractivity contribution in [2.75, 3.05) is 6.54 Å². The van der Waals surface area contributed by atoms with Gasteiger partial charge in [0.2, 0.25) is 0 Å². The highest BCUT2D eigenvalue weighted by molar-refractivity contribution is 9.10. The zero-order chi connectivity index (χ0) is 13.1. The van der Waals surface area contributed by atoms with Crippen molar-refractivity contribution in [1.29, 1.82) is 0 Å². The number of halogens is 1. The summed E-state index contributed by atoms with van der Waals surface area (Å²) in [5.74, 6) is -0.358. The SMILES string of the molecule is CC(=O)OC1C(O)CNC1Cc1ccc(Br)cc1. The number of aliphatic hydroxyl groups is 1. The maximum absolute atomic E-state index is 11.0. The molecule has 1 aliphatic rings. The van der Waals surface area contributed by atoms with E-state index in [-0.39, 0.29) is 12.0 Å². The van der Waals surface area contributed by atoms with Crippen LogP contribution in [0.15, 0.2) is 28.7 Å². The van der Waals surface area contributed by atoms with Gasteiger partial charge in [-0.2, -0.15) is 0 Å². The Labute approximate surface area is 114 Å². The highest BCUT2D eigenvalue weighted by Gasteiger charge is 2.37. The third-order valence-corrected chi connectivity index (χ3v) is 3.56. The van der Waals surface area contributed by atoms with Crippen LogP contribution in [0.3, 0.4) is 0 Å². The van der Waals surface area contributed by atoms with Crippen molar-refractivity contribution in [1.82, 2.24) is 5.32 Å². The van der Waals surface area contributed by atoms with Gasteiger partial charge in [-0.05, 0) is 24.1 Å². The van der Waals surface area contributed by atoms with Crippen LogP contribution >= 0.6 is 15.9 Å². The van der Waals surface area contributed by atoms with Gasteiger partial charge in [-0.3, -0.25) is 4.79 Å². The first kappa shape index (κ1) is 13.5. The van der Waals surface area contributed by atoms with Gasteiger partial charge in [0.05, 0.1) is 6.04 Å². The number of carbonyl (C=O) groups is 1. The molecule has 1 aromatic rings. The van der Waals surface area contributed by atoms with Crippen molar-refractivity contribution in [2.45, 2.75) is 31.6 Å². The first-order chi connectivity index (χ1) is 8.56. The summed E-state index contributed by atoms with van der Waals surface area (Å²) >= 11 is 3.39. The number of β-amino-alcohol motifs (C(OH)–C–C–N with tert-alkyl or cyclic N) is 1. The van der Waals surface area contributed by atoms with Crippen molar-refractivity contribution in [3.8, 4) is 0 Å². The van der Waals surface area contributed by atoms with Crippen LogP contribution in [0.4, 0.5) is 0 Å². The molecule has 4 nitrogen and oxygen atoms in total. The molecule has 0 spiro atoms. The molecular weight excluding hydrogens is 298 g/mol. The predicted octanol–water partition coefficient (Wildman–Crippen LogP) is 1.26. The molecule has 3 atom stereocenters. The molecule has 2 rings (SSSR count). The second-order valence-electron chi connectivity index (χ2n) is 4.49. The fourth-order valence-electron chi connectivity index (χ4n) is 2.19. The van der Waals surface area contributed by atoms with E-state index in [9.17, 15) is 9.90 Å². The molecule has 0 amide bonds. The molecule has 3 unspecified atom stereocenters. The van der Waals surface area contributed by atoms with E-state index in [0.717, 1.165) is 16.5 Å². The number of aliphatic hydroxyl groups excluding tert-OH is 1. The van der Waals surface area contributed by atoms with Gasteiger partial charge < -0.3 is 15.2 Å². The van der Waals surface area contributed by atoms with Crippen molar-refractivity contribution in [3.05, 3.63) is 34.3 Å². The van der Waals surface area contributed by atoms with E-state index in [4.69, 9.17) is 4.74 Å². The number of esters is 1. The molecular formula is C13H16BrNO3. The summed E-state index contributed by atoms with van der Waals surface area (Å²) in [5.41, 5.74) is 1.14. The average Bonchev–Trinajstić information content (AvgIpc) is 2.64. The normalized spacial score (nSPS) is 27.2. The van der Waals surface area contributed by atoms with E-state index in [2.05, 4.69) is 21.2 Å². The second-order valence-corrected chi connectivity index (χ2v) is 5.40. The Hall–Kier alpha value is -0.910. The molecule has 1 saturated heterocycles. The van der Waals surface area contributed by atoms with Gasteiger partial charge in [-0.15, -0.1) is 0 Å². The topological polar surface area (TPSA) is 58.6 Å². The Morgan fingerprint density at radius 2 is 2.17 bits per heavy atom. The van der Waals surface area contributed by atoms with Crippen LogP contribution in [-0.4, -0.2) is 35.9 Å². The van der Waals surface area contributed by atoms with Gasteiger partial charge in [-0.1, -0.05) is 28.1 Å². The van der Waals surface area contributed by atoms with E-state index in [1.54, 1.807) is 0 Å². The molecule has 0 aliphatic carbocycles. The lowest BCUT2D eigenvalue weighted by molar-refractivity contribution is -0.151. The molecule has 2 N–H and O–H groups in total. The number of ether oxygens (including phenoxy) is 1. The van der Waals surface area contributed by atoms with Gasteiger partial charge in [0.1, 0.15) is 12.2 Å². The molecule has 0 radical (unpaired) electrons. The largest absolute Gasteiger partial charge is 0.458 e. The molecule has 98 valence electrons. The third kappa shape index (κ3) is 3.31. The number of benzene rings is 1. The molecule has 0 saturated carbocycles. The minimum atomic E-state index is -0.630. The first-order valence-corrected chi connectivity index (χ1v) is 6.68. The fourth-order valence-corrected chi connectivity index (χ4v) is 2.45. The molecule has 1 heterocycles. The third-order valence-electron chi connectivity index (χ3n) is 3.04. The van der Waals surface area contributed by atoms with Crippen LogP contribution in [-0.2, 0) is 16.0 Å². The van der Waals surface area contributed by atoms with Gasteiger partial charge in [0.25, 0.3) is 0 Å². The van der Waals surface area contributed by atoms with Crippen molar-refractivity contribution in [3.63, 3.8) is 0 Å². The monoisotopic (exact) mass is 313 g/mol. The van der Waals surface area contributed by atoms with Gasteiger partial charge in [-0.25, -0.2) is 0 Å². The van der Waals surface area contributed by atoms with E-state index in [0.29, 0.717) is 6.54 Å². The quantitative estimate of drug-likeness (QED) is 0.825. The molecule has 5 heteroatoms. The summed E-state index contributed by atoms with van der Waals surface area (Å²) in [6.07, 6.45) is -0.372. The summed E-state index contributed by atoms with van der Waals surface area (Å²) < 4.78 is 6.20. The van der Waals surface area contributed by atoms with Crippen LogP contribution < -0.4 is 5.32 Å². The Kier molecular flexibility index (Phi) is 4.37. The first-order valence-electron chi connectivity index (χ1n) is 5.89. The Balaban J connectivity index is 2.03. The minimum Gasteiger partial charge on any atom is -0.458 e. The fraction of sp³-hybridized carbons (Fsp3) is 0.462. The van der Waals surface area contributed by atoms with Gasteiger partial charge in [0, 0.05) is 17.9 Å². The Morgan fingerprint density at radius 3 is 2.78 bits per heavy atom. The lowest BCUT2D eigenvalue weighted by atomic mass is 10.0. The molecule has 1 fully saturated rings. The number of nitrogens with one attached hydrogen (secondary N) is 1. The predicted molar refractivity (Wildman–Crippen MR) is 71.2 cm³/mol. The maximum Gasteiger partial charge on any atom is 0.303 e. The van der Waals surface area contributed by atoms with Crippen LogP contribution in [0.5, 0.6) is 0 Å². The summed E-state index contributed by atoms with van der Waals surface area (Å²) in [6, 6.07) is 7.94. The van der Waals surface area contributed by atoms with Gasteiger partial charge in [0.15, 0.2) is 0 Å². The van der Waals surface area contributed by atoms with Crippen LogP contribution in [0.1, 0.15) is 12.5 Å². The Morgan fingerprint density at radius 1 is 1.50 bits per heavy atom. The van der Waals surface area contributed by atoms with E-state index < -0.39 is 12.2 Å². The van der Waals surface area contributed by atoms with E-state index in [1.807, 2.05) is 24.3 Å². The molecule has 0 aromatic heterocycles.